The van der Waals surface area contributed by atoms with Crippen molar-refractivity contribution >= 4 is 0 Å². The predicted molar refractivity (Wildman–Crippen MR) is 382 cm³/mol. The maximum atomic E-state index is 11.2. The maximum absolute atomic E-state index is 11.2. The molecule has 5 unspecified atom stereocenters. The van der Waals surface area contributed by atoms with Crippen LogP contribution in [0.5, 0.6) is 5.75 Å². The Morgan fingerprint density at radius 1 is 0.524 bits per heavy atom. The first-order valence-corrected chi connectivity index (χ1v) is 40.0. The number of aliphatic hydroxyl groups is 6. The van der Waals surface area contributed by atoms with E-state index >= 15 is 0 Å². The van der Waals surface area contributed by atoms with Crippen LogP contribution in [-0.4, -0.2) is 176 Å². The van der Waals surface area contributed by atoms with Crippen LogP contribution in [-0.2, 0) is 56.8 Å². The van der Waals surface area contributed by atoms with Gasteiger partial charge in [-0.05, 0) is 203 Å². The van der Waals surface area contributed by atoms with Crippen LogP contribution >= 0.6 is 0 Å². The highest BCUT2D eigenvalue weighted by atomic mass is 16.8. The number of allylic oxidation sites excluding steroid dienone is 2. The summed E-state index contributed by atoms with van der Waals surface area (Å²) in [5.41, 5.74) is 6.93. The molecule has 15 aliphatic rings. The summed E-state index contributed by atoms with van der Waals surface area (Å²) in [6.45, 7) is 23.1. The normalized spacial score (nSPS) is 50.0. The first-order valence-electron chi connectivity index (χ1n) is 40.0. The Kier molecular flexibility index (Phi) is 21.5. The van der Waals surface area contributed by atoms with Gasteiger partial charge >= 0.3 is 0 Å². The highest BCUT2D eigenvalue weighted by Crippen LogP contribution is 2.73. The topological polar surface area (TPSA) is 241 Å². The fraction of sp³-hybridized carbons (Fsp3) is 0.810. The molecule has 2 spiro atoms. The molecule has 574 valence electrons. The molecule has 8 aliphatic carbocycles. The van der Waals surface area contributed by atoms with Gasteiger partial charge in [0.15, 0.2) is 36.7 Å². The van der Waals surface area contributed by atoms with Crippen LogP contribution < -0.4 is 4.74 Å². The van der Waals surface area contributed by atoms with Gasteiger partial charge in [0.05, 0.1) is 58.0 Å². The number of fused-ring (bicyclic) bond motifs is 15. The molecule has 19 heteroatoms. The summed E-state index contributed by atoms with van der Waals surface area (Å²) in [4.78, 5) is 0. The molecule has 7 heterocycles. The molecule has 2 aromatic rings. The molecule has 0 bridgehead atoms. The van der Waals surface area contributed by atoms with Crippen molar-refractivity contribution in [2.24, 2.45) is 92.7 Å². The predicted octanol–water partition coefficient (Wildman–Crippen LogP) is 12.1. The van der Waals surface area contributed by atoms with Crippen LogP contribution in [0.1, 0.15) is 200 Å². The van der Waals surface area contributed by atoms with E-state index in [2.05, 4.69) is 67.5 Å². The Morgan fingerprint density at radius 2 is 1.03 bits per heavy atom. The minimum atomic E-state index is -1.41. The SMILES string of the molecule is COc1ccc(C(OC)OC)cc1.C[C@@H]1CC[C@@]2(OC1)O[C@H]1C[C@H]3[C@@H]4CC=C5C[C@@H](O[C@@H]6OC(CO)[C@@H](O)[C@H](O)C6O)CC[C@]5(C)[C@H]4CC[C@]3(C)[C@H]1[C@@H]2C.Cc1ccc(C2OCC3O[C@@H](O[C@H]4CC[C@@]5(C)C(=CC[C@H]6[C@@H]7C[C@@H]8O[C@]9(CC[C@@H](C)CO9)[C@@H](C)[C@@H]8[C@@]7(C)CC[C@@H]65)C4)C(O)[C@@H](O)[C@@H]3O2)cc1. The molecule has 33 atom stereocenters. The number of aliphatic hydroxyl groups excluding tert-OH is 6. The molecule has 13 fully saturated rings. The number of aryl methyl sites for hydroxylation is 1. The van der Waals surface area contributed by atoms with Gasteiger partial charge in [0, 0.05) is 50.0 Å². The lowest BCUT2D eigenvalue weighted by Crippen LogP contribution is -2.62. The molecule has 0 aromatic heterocycles. The summed E-state index contributed by atoms with van der Waals surface area (Å²) >= 11 is 0. The molecule has 19 nitrogen and oxygen atoms in total. The number of methoxy groups -OCH3 is 3. The number of hydrogen-bond acceptors (Lipinski definition) is 19. The van der Waals surface area contributed by atoms with Gasteiger partial charge in [-0.1, -0.05) is 121 Å². The summed E-state index contributed by atoms with van der Waals surface area (Å²) in [6, 6.07) is 15.5. The molecule has 2 aromatic carbocycles. The van der Waals surface area contributed by atoms with Gasteiger partial charge < -0.3 is 92.2 Å². The first kappa shape index (κ1) is 75.4. The summed E-state index contributed by atoms with van der Waals surface area (Å²) in [6.07, 6.45) is 13.7. The average molecular weight is 1440 g/mol. The van der Waals surface area contributed by atoms with Crippen molar-refractivity contribution in [2.45, 2.75) is 288 Å². The molecule has 0 amide bonds. The smallest absolute Gasteiger partial charge is 0.186 e. The monoisotopic (exact) mass is 1440 g/mol. The van der Waals surface area contributed by atoms with Gasteiger partial charge in [-0.15, -0.1) is 0 Å². The minimum Gasteiger partial charge on any atom is -0.497 e. The summed E-state index contributed by atoms with van der Waals surface area (Å²) in [7, 11) is 4.86. The van der Waals surface area contributed by atoms with Crippen LogP contribution in [0.15, 0.2) is 71.8 Å². The second-order valence-corrected chi connectivity index (χ2v) is 36.0. The number of ether oxygens (including phenoxy) is 13. The van der Waals surface area contributed by atoms with Gasteiger partial charge in [-0.3, -0.25) is 0 Å². The van der Waals surface area contributed by atoms with Gasteiger partial charge in [0.1, 0.15) is 54.6 Å². The summed E-state index contributed by atoms with van der Waals surface area (Å²) in [5, 5.41) is 62.8. The summed E-state index contributed by atoms with van der Waals surface area (Å²) in [5.74, 6) is 7.47. The van der Waals surface area contributed by atoms with Crippen molar-refractivity contribution in [3.05, 3.63) is 88.5 Å². The van der Waals surface area contributed by atoms with Crippen molar-refractivity contribution in [3.63, 3.8) is 0 Å². The quantitative estimate of drug-likeness (QED) is 0.0957. The fourth-order valence-electron chi connectivity index (χ4n) is 24.8. The Balaban J connectivity index is 0.000000143. The van der Waals surface area contributed by atoms with Crippen LogP contribution in [0.25, 0.3) is 0 Å². The van der Waals surface area contributed by atoms with Crippen molar-refractivity contribution in [1.82, 2.24) is 0 Å². The zero-order chi connectivity index (χ0) is 72.4. The lowest BCUT2D eigenvalue weighted by molar-refractivity contribution is -0.367. The zero-order valence-corrected chi connectivity index (χ0v) is 63.5. The van der Waals surface area contributed by atoms with E-state index < -0.39 is 74.3 Å². The van der Waals surface area contributed by atoms with Crippen LogP contribution in [0.3, 0.4) is 0 Å². The van der Waals surface area contributed by atoms with E-state index in [1.807, 2.05) is 55.5 Å². The van der Waals surface area contributed by atoms with E-state index in [1.54, 1.807) is 21.3 Å². The van der Waals surface area contributed by atoms with Gasteiger partial charge in [-0.25, -0.2) is 0 Å². The number of rotatable bonds is 10. The molecule has 0 radical (unpaired) electrons. The highest BCUT2D eigenvalue weighted by Gasteiger charge is 2.71. The molecule has 7 saturated heterocycles. The molecule has 6 N–H and O–H groups in total. The molecular weight excluding hydrogens is 1310 g/mol. The first-order chi connectivity index (χ1) is 49.3. The van der Waals surface area contributed by atoms with E-state index in [-0.39, 0.29) is 47.5 Å². The maximum Gasteiger partial charge on any atom is 0.186 e. The van der Waals surface area contributed by atoms with Crippen molar-refractivity contribution in [1.29, 1.82) is 0 Å². The fourth-order valence-corrected chi connectivity index (χ4v) is 24.8. The van der Waals surface area contributed by atoms with E-state index in [1.165, 1.54) is 56.1 Å². The largest absolute Gasteiger partial charge is 0.497 e. The Labute approximate surface area is 612 Å². The highest BCUT2D eigenvalue weighted by molar-refractivity contribution is 5.30. The second kappa shape index (κ2) is 29.3. The van der Waals surface area contributed by atoms with Crippen LogP contribution in [0.4, 0.5) is 0 Å². The third kappa shape index (κ3) is 13.2. The zero-order valence-electron chi connectivity index (χ0n) is 63.5. The lowest BCUT2D eigenvalue weighted by Gasteiger charge is -2.58. The molecule has 17 rings (SSSR count). The minimum absolute atomic E-state index is 0.0617. The molecular formula is C84H124O19. The Bertz CT molecular complexity index is 3290. The lowest BCUT2D eigenvalue weighted by atomic mass is 9.47. The number of benzene rings is 2. The van der Waals surface area contributed by atoms with Crippen molar-refractivity contribution in [3.8, 4) is 5.75 Å². The van der Waals surface area contributed by atoms with Crippen LogP contribution in [0.2, 0.25) is 0 Å². The number of hydrogen-bond donors (Lipinski definition) is 6. The third-order valence-corrected chi connectivity index (χ3v) is 30.7. The standard InChI is InChI=1S/C41H58O8.C33H52O8.C10H14O3/c1-22-6-8-25(9-7-22)37-44-21-32-36(48-37)34(42)35(43)38(47-32)46-27-13-15-39(4)26(18-27)10-11-28-29(39)14-16-40(5)30(28)19-31-33(40)24(3)41(49-31)17-12-23(2)20-45-41;1-17-7-12-33(38-16-17)18(2)26-24(41-33)14-23-21-6-5-19-13-20(8-10-31(19,3)22(21)9-11-32(23,26)4)39-30-29(37)28(36)27(35)25(15-34)40-30;1-11-9-6-4-8(5-7-9)10(12-2)13-3/h6-10,23-24,27-38,42-43H,11-21H2,1-5H3;5,17-18,20-30,34-37H,6-16H2,1-4H3;4-7,10H,1-3H3/t23-,24+,27+,28-,29+,30+,31+,32?,33+,34-,35?,36-,37?,38-,39+,40+,41-;17-,18+,20+,21-,22+,23+,24+,25?,26+,27-,28+,29?,30-,31+,32+,33-;/m11./s1. The Hall–Kier alpha value is -3.00. The van der Waals surface area contributed by atoms with Crippen molar-refractivity contribution in [2.75, 3.05) is 47.8 Å². The van der Waals surface area contributed by atoms with Gasteiger partial charge in [0.2, 0.25) is 0 Å². The molecule has 103 heavy (non-hydrogen) atoms. The Morgan fingerprint density at radius 3 is 1.50 bits per heavy atom. The van der Waals surface area contributed by atoms with Gasteiger partial charge in [0.25, 0.3) is 0 Å². The van der Waals surface area contributed by atoms with E-state index in [9.17, 15) is 30.6 Å². The van der Waals surface area contributed by atoms with E-state index in [0.717, 1.165) is 106 Å². The van der Waals surface area contributed by atoms with Crippen molar-refractivity contribution < 1.29 is 92.2 Å². The average Bonchev–Trinajstić information content (AvgIpc) is 1.55. The van der Waals surface area contributed by atoms with E-state index in [4.69, 9.17) is 61.6 Å². The van der Waals surface area contributed by atoms with E-state index in [0.29, 0.717) is 94.1 Å². The second-order valence-electron chi connectivity index (χ2n) is 36.0. The molecule has 6 saturated carbocycles. The summed E-state index contributed by atoms with van der Waals surface area (Å²) < 4.78 is 79.0. The van der Waals surface area contributed by atoms with Crippen LogP contribution in [0, 0.1) is 99.6 Å². The van der Waals surface area contributed by atoms with Gasteiger partial charge in [-0.2, -0.15) is 0 Å². The third-order valence-electron chi connectivity index (χ3n) is 30.7. The molecule has 7 aliphatic heterocycles.